The zero-order valence-corrected chi connectivity index (χ0v) is 15.8. The van der Waals surface area contributed by atoms with Crippen LogP contribution in [0, 0.1) is 6.92 Å². The molecule has 0 amide bonds. The van der Waals surface area contributed by atoms with E-state index in [1.807, 2.05) is 25.1 Å². The van der Waals surface area contributed by atoms with Gasteiger partial charge in [0.1, 0.15) is 0 Å². The predicted octanol–water partition coefficient (Wildman–Crippen LogP) is 4.80. The molecule has 4 rings (SSSR count). The second-order valence-electron chi connectivity index (χ2n) is 6.27. The minimum atomic E-state index is -0.355. The van der Waals surface area contributed by atoms with E-state index in [-0.39, 0.29) is 11.4 Å². The molecule has 0 aliphatic heterocycles. The Morgan fingerprint density at radius 3 is 2.46 bits per heavy atom. The first-order valence-corrected chi connectivity index (χ1v) is 9.03. The van der Waals surface area contributed by atoms with E-state index in [1.165, 1.54) is 10.8 Å². The van der Waals surface area contributed by atoms with Gasteiger partial charge >= 0.3 is 0 Å². The highest BCUT2D eigenvalue weighted by Crippen LogP contribution is 2.29. The molecule has 0 fully saturated rings. The number of para-hydroxylation sites is 1. The number of halogens is 1. The molecule has 0 aliphatic carbocycles. The van der Waals surface area contributed by atoms with E-state index in [9.17, 15) is 9.90 Å². The van der Waals surface area contributed by atoms with Crippen LogP contribution < -0.4 is 5.56 Å². The van der Waals surface area contributed by atoms with Crippen LogP contribution in [0.1, 0.15) is 11.3 Å². The van der Waals surface area contributed by atoms with Crippen molar-refractivity contribution in [3.8, 4) is 11.6 Å². The maximum Gasteiger partial charge on any atom is 0.265 e. The van der Waals surface area contributed by atoms with E-state index in [2.05, 4.69) is 9.98 Å². The summed E-state index contributed by atoms with van der Waals surface area (Å²) in [5.41, 5.74) is 1.30. The second kappa shape index (κ2) is 7.29. The third-order valence-corrected chi connectivity index (χ3v) is 4.72. The Bertz CT molecular complexity index is 1280. The average molecular weight is 390 g/mol. The standard InChI is InChI=1S/C22H16ClN3O2/c1-14-7-6-12-20(25-14)24-13-17-15-8-2-3-9-16(15)21(27)26(22(17)28)19-11-5-4-10-18(19)23/h2-13,28H,1H3/b24-13+. The maximum atomic E-state index is 13.1. The van der Waals surface area contributed by atoms with Gasteiger partial charge in [-0.2, -0.15) is 0 Å². The number of aromatic hydroxyl groups is 1. The van der Waals surface area contributed by atoms with Crippen molar-refractivity contribution in [1.29, 1.82) is 0 Å². The monoisotopic (exact) mass is 389 g/mol. The van der Waals surface area contributed by atoms with Gasteiger partial charge in [-0.25, -0.2) is 14.5 Å². The zero-order valence-electron chi connectivity index (χ0n) is 15.0. The van der Waals surface area contributed by atoms with Crippen LogP contribution in [-0.4, -0.2) is 20.9 Å². The first kappa shape index (κ1) is 17.9. The molecular formula is C22H16ClN3O2. The van der Waals surface area contributed by atoms with Crippen LogP contribution in [0.15, 0.2) is 76.5 Å². The lowest BCUT2D eigenvalue weighted by atomic mass is 10.1. The van der Waals surface area contributed by atoms with E-state index in [4.69, 9.17) is 11.6 Å². The molecule has 0 saturated carbocycles. The number of rotatable bonds is 3. The van der Waals surface area contributed by atoms with Gasteiger partial charge in [0.05, 0.1) is 16.3 Å². The van der Waals surface area contributed by atoms with Gasteiger partial charge in [0.2, 0.25) is 5.88 Å². The van der Waals surface area contributed by atoms with Crippen LogP contribution in [-0.2, 0) is 0 Å². The number of fused-ring (bicyclic) bond motifs is 1. The van der Waals surface area contributed by atoms with Gasteiger partial charge in [-0.1, -0.05) is 48.0 Å². The Morgan fingerprint density at radius 1 is 1.00 bits per heavy atom. The molecule has 0 atom stereocenters. The van der Waals surface area contributed by atoms with Crippen LogP contribution in [0.2, 0.25) is 5.02 Å². The minimum Gasteiger partial charge on any atom is -0.494 e. The van der Waals surface area contributed by atoms with Crippen LogP contribution in [0.25, 0.3) is 16.5 Å². The summed E-state index contributed by atoms with van der Waals surface area (Å²) in [7, 11) is 0. The fourth-order valence-electron chi connectivity index (χ4n) is 3.08. The summed E-state index contributed by atoms with van der Waals surface area (Å²) in [5.74, 6) is 0.284. The topological polar surface area (TPSA) is 67.5 Å². The third kappa shape index (κ3) is 3.17. The Balaban J connectivity index is 2.01. The van der Waals surface area contributed by atoms with Crippen LogP contribution in [0.5, 0.6) is 5.88 Å². The summed E-state index contributed by atoms with van der Waals surface area (Å²) in [5, 5.41) is 12.4. The highest BCUT2D eigenvalue weighted by molar-refractivity contribution is 6.32. The number of aliphatic imine (C=N–C) groups is 1. The minimum absolute atomic E-state index is 0.229. The molecular weight excluding hydrogens is 374 g/mol. The van der Waals surface area contributed by atoms with Crippen molar-refractivity contribution in [3.63, 3.8) is 0 Å². The van der Waals surface area contributed by atoms with Gasteiger partial charge in [-0.15, -0.1) is 0 Å². The summed E-state index contributed by atoms with van der Waals surface area (Å²) < 4.78 is 1.20. The molecule has 0 spiro atoms. The van der Waals surface area contributed by atoms with Gasteiger partial charge in [-0.05, 0) is 37.3 Å². The number of hydrogen-bond acceptors (Lipinski definition) is 4. The molecule has 2 aromatic heterocycles. The Morgan fingerprint density at radius 2 is 1.71 bits per heavy atom. The third-order valence-electron chi connectivity index (χ3n) is 4.40. The molecule has 1 N–H and O–H groups in total. The molecule has 5 nitrogen and oxygen atoms in total. The smallest absolute Gasteiger partial charge is 0.265 e. The Labute approximate surface area is 166 Å². The fourth-order valence-corrected chi connectivity index (χ4v) is 3.30. The molecule has 0 bridgehead atoms. The van der Waals surface area contributed by atoms with E-state index in [0.29, 0.717) is 32.9 Å². The molecule has 0 radical (unpaired) electrons. The van der Waals surface area contributed by atoms with Crippen LogP contribution in [0.3, 0.4) is 0 Å². The highest BCUT2D eigenvalue weighted by Gasteiger charge is 2.17. The van der Waals surface area contributed by atoms with Gasteiger partial charge in [0.25, 0.3) is 5.56 Å². The fraction of sp³-hybridized carbons (Fsp3) is 0.0455. The van der Waals surface area contributed by atoms with Gasteiger partial charge in [0.15, 0.2) is 5.82 Å². The Hall–Kier alpha value is -3.44. The molecule has 0 unspecified atom stereocenters. The summed E-state index contributed by atoms with van der Waals surface area (Å²) in [4.78, 5) is 21.8. The van der Waals surface area contributed by atoms with Crippen LogP contribution in [0.4, 0.5) is 5.82 Å². The van der Waals surface area contributed by atoms with E-state index in [1.54, 1.807) is 48.5 Å². The largest absolute Gasteiger partial charge is 0.494 e. The van der Waals surface area contributed by atoms with Crippen molar-refractivity contribution in [2.45, 2.75) is 6.92 Å². The first-order valence-electron chi connectivity index (χ1n) is 8.65. The number of hydrogen-bond donors (Lipinski definition) is 1. The lowest BCUT2D eigenvalue weighted by Crippen LogP contribution is -2.20. The highest BCUT2D eigenvalue weighted by atomic mass is 35.5. The predicted molar refractivity (Wildman–Crippen MR) is 112 cm³/mol. The van der Waals surface area contributed by atoms with Crippen LogP contribution >= 0.6 is 11.6 Å². The molecule has 0 saturated heterocycles. The number of pyridine rings is 2. The summed E-state index contributed by atoms with van der Waals surface area (Å²) in [6.07, 6.45) is 1.52. The van der Waals surface area contributed by atoms with E-state index >= 15 is 0 Å². The van der Waals surface area contributed by atoms with Crippen molar-refractivity contribution in [3.05, 3.63) is 93.4 Å². The maximum absolute atomic E-state index is 13.1. The number of nitrogens with zero attached hydrogens (tertiary/aromatic N) is 3. The summed E-state index contributed by atoms with van der Waals surface area (Å²) >= 11 is 6.28. The number of aryl methyl sites for hydroxylation is 1. The molecule has 6 heteroatoms. The molecule has 2 heterocycles. The average Bonchev–Trinajstić information content (AvgIpc) is 2.69. The van der Waals surface area contributed by atoms with Crippen molar-refractivity contribution in [1.82, 2.24) is 9.55 Å². The Kier molecular flexibility index (Phi) is 4.67. The lowest BCUT2D eigenvalue weighted by molar-refractivity contribution is 0.436. The molecule has 2 aromatic carbocycles. The molecule has 4 aromatic rings. The number of aromatic nitrogens is 2. The van der Waals surface area contributed by atoms with Gasteiger partial charge in [0, 0.05) is 22.7 Å². The normalized spacial score (nSPS) is 11.4. The lowest BCUT2D eigenvalue weighted by Gasteiger charge is -2.14. The quantitative estimate of drug-likeness (QED) is 0.511. The number of benzene rings is 2. The molecule has 28 heavy (non-hydrogen) atoms. The summed E-state index contributed by atoms with van der Waals surface area (Å²) in [6.45, 7) is 1.88. The van der Waals surface area contributed by atoms with Gasteiger partial charge in [-0.3, -0.25) is 4.79 Å². The zero-order chi connectivity index (χ0) is 19.7. The SMILES string of the molecule is Cc1cccc(/N=C/c2c(O)n(-c3ccccc3Cl)c(=O)c3ccccc23)n1. The molecule has 0 aliphatic rings. The van der Waals surface area contributed by atoms with Crippen molar-refractivity contribution in [2.24, 2.45) is 4.99 Å². The summed E-state index contributed by atoms with van der Waals surface area (Å²) in [6, 6.07) is 19.5. The van der Waals surface area contributed by atoms with E-state index < -0.39 is 0 Å². The second-order valence-corrected chi connectivity index (χ2v) is 6.68. The first-order chi connectivity index (χ1) is 13.6. The van der Waals surface area contributed by atoms with E-state index in [0.717, 1.165) is 5.69 Å². The molecule has 138 valence electrons. The van der Waals surface area contributed by atoms with Gasteiger partial charge < -0.3 is 5.11 Å². The van der Waals surface area contributed by atoms with Crippen molar-refractivity contribution in [2.75, 3.05) is 0 Å². The van der Waals surface area contributed by atoms with Crippen molar-refractivity contribution >= 4 is 34.4 Å². The van der Waals surface area contributed by atoms with Crippen molar-refractivity contribution < 1.29 is 5.11 Å².